The first kappa shape index (κ1) is 23.4. The van der Waals surface area contributed by atoms with E-state index in [1.165, 1.54) is 23.0 Å². The fraction of sp³-hybridized carbons (Fsp3) is 0.250. The van der Waals surface area contributed by atoms with Crippen LogP contribution >= 0.6 is 0 Å². The molecule has 1 N–H and O–H groups in total. The molecule has 4 rings (SSSR count). The van der Waals surface area contributed by atoms with Crippen LogP contribution in [0.5, 0.6) is 0 Å². The second kappa shape index (κ2) is 11.4. The minimum Gasteiger partial charge on any atom is -0.447 e. The summed E-state index contributed by atoms with van der Waals surface area (Å²) in [6, 6.07) is 22.8. The molecule has 0 unspecified atom stereocenters. The third-order valence-electron chi connectivity index (χ3n) is 5.65. The summed E-state index contributed by atoms with van der Waals surface area (Å²) >= 11 is 0. The molecule has 2 aromatic heterocycles. The predicted molar refractivity (Wildman–Crippen MR) is 132 cm³/mol. The number of rotatable bonds is 10. The van der Waals surface area contributed by atoms with E-state index < -0.39 is 0 Å². The minimum absolute atomic E-state index is 0.259. The summed E-state index contributed by atoms with van der Waals surface area (Å²) in [5.41, 5.74) is 5.02. The average molecular weight is 455 g/mol. The summed E-state index contributed by atoms with van der Waals surface area (Å²) in [6.45, 7) is 6.81. The number of nitrogens with zero attached hydrogens (tertiary/aromatic N) is 3. The van der Waals surface area contributed by atoms with Gasteiger partial charge in [0, 0.05) is 32.0 Å². The molecule has 0 atom stereocenters. The molecule has 0 radical (unpaired) electrons. The number of hydrogen-bond donors (Lipinski definition) is 1. The van der Waals surface area contributed by atoms with Crippen molar-refractivity contribution in [2.75, 3.05) is 0 Å². The molecule has 6 nitrogen and oxygen atoms in total. The highest BCUT2D eigenvalue weighted by Crippen LogP contribution is 2.18. The van der Waals surface area contributed by atoms with Crippen LogP contribution in [-0.2, 0) is 26.2 Å². The van der Waals surface area contributed by atoms with Gasteiger partial charge in [-0.2, -0.15) is 0 Å². The van der Waals surface area contributed by atoms with Crippen LogP contribution in [0, 0.1) is 0 Å². The lowest BCUT2D eigenvalue weighted by Gasteiger charge is -2.21. The number of oxazole rings is 1. The van der Waals surface area contributed by atoms with Crippen molar-refractivity contribution in [2.45, 2.75) is 45.9 Å². The van der Waals surface area contributed by atoms with Crippen LogP contribution in [0.15, 0.2) is 89.8 Å². The lowest BCUT2D eigenvalue weighted by Crippen LogP contribution is -2.24. The van der Waals surface area contributed by atoms with Gasteiger partial charge in [-0.15, -0.1) is 0 Å². The van der Waals surface area contributed by atoms with Crippen molar-refractivity contribution in [3.05, 3.63) is 119 Å². The third-order valence-corrected chi connectivity index (χ3v) is 5.65. The molecule has 1 amide bonds. The molecule has 0 aliphatic carbocycles. The van der Waals surface area contributed by atoms with Gasteiger partial charge in [-0.3, -0.25) is 14.7 Å². The predicted octanol–water partition coefficient (Wildman–Crippen LogP) is 5.33. The summed E-state index contributed by atoms with van der Waals surface area (Å²) in [7, 11) is 0. The molecular formula is C28H30N4O2. The molecule has 2 heterocycles. The fourth-order valence-corrected chi connectivity index (χ4v) is 3.73. The zero-order chi connectivity index (χ0) is 23.8. The molecule has 0 fully saturated rings. The number of aromatic nitrogens is 2. The topological polar surface area (TPSA) is 71.3 Å². The zero-order valence-corrected chi connectivity index (χ0v) is 19.6. The molecule has 34 heavy (non-hydrogen) atoms. The molecule has 0 saturated carbocycles. The van der Waals surface area contributed by atoms with Crippen LogP contribution < -0.4 is 5.32 Å². The average Bonchev–Trinajstić information content (AvgIpc) is 3.33. The molecular weight excluding hydrogens is 424 g/mol. The van der Waals surface area contributed by atoms with Gasteiger partial charge in [0.25, 0.3) is 5.91 Å². The second-order valence-electron chi connectivity index (χ2n) is 8.69. The number of amides is 1. The van der Waals surface area contributed by atoms with Gasteiger partial charge in [-0.25, -0.2) is 4.98 Å². The van der Waals surface area contributed by atoms with Crippen LogP contribution in [-0.4, -0.2) is 20.8 Å². The van der Waals surface area contributed by atoms with E-state index in [-0.39, 0.29) is 11.6 Å². The van der Waals surface area contributed by atoms with E-state index in [0.717, 1.165) is 18.7 Å². The molecule has 174 valence electrons. The van der Waals surface area contributed by atoms with Crippen molar-refractivity contribution in [1.82, 2.24) is 20.2 Å². The monoisotopic (exact) mass is 454 g/mol. The lowest BCUT2D eigenvalue weighted by atomic mass is 10.0. The Morgan fingerprint density at radius 1 is 0.882 bits per heavy atom. The van der Waals surface area contributed by atoms with E-state index in [9.17, 15) is 4.79 Å². The van der Waals surface area contributed by atoms with Crippen molar-refractivity contribution in [3.63, 3.8) is 0 Å². The molecule has 6 heteroatoms. The summed E-state index contributed by atoms with van der Waals surface area (Å²) < 4.78 is 5.67. The van der Waals surface area contributed by atoms with Crippen LogP contribution in [0.3, 0.4) is 0 Å². The Morgan fingerprint density at radius 3 is 2.24 bits per heavy atom. The van der Waals surface area contributed by atoms with E-state index in [1.54, 1.807) is 12.4 Å². The van der Waals surface area contributed by atoms with Gasteiger partial charge in [0.1, 0.15) is 6.26 Å². The molecule has 0 aliphatic rings. The Labute approximate surface area is 200 Å². The van der Waals surface area contributed by atoms with Crippen LogP contribution in [0.2, 0.25) is 0 Å². The van der Waals surface area contributed by atoms with Crippen LogP contribution in [0.25, 0.3) is 0 Å². The van der Waals surface area contributed by atoms with Crippen molar-refractivity contribution in [3.8, 4) is 0 Å². The number of hydrogen-bond acceptors (Lipinski definition) is 5. The number of carbonyl (C=O) groups excluding carboxylic acids is 1. The van der Waals surface area contributed by atoms with E-state index in [2.05, 4.69) is 70.4 Å². The van der Waals surface area contributed by atoms with Gasteiger partial charge in [0.05, 0.1) is 6.54 Å². The van der Waals surface area contributed by atoms with E-state index >= 15 is 0 Å². The zero-order valence-electron chi connectivity index (χ0n) is 19.6. The second-order valence-corrected chi connectivity index (χ2v) is 8.69. The third kappa shape index (κ3) is 6.62. The normalized spacial score (nSPS) is 11.2. The highest BCUT2D eigenvalue weighted by atomic mass is 16.3. The maximum Gasteiger partial charge on any atom is 0.273 e. The Balaban J connectivity index is 1.43. The number of nitrogens with one attached hydrogen (secondary N) is 1. The van der Waals surface area contributed by atoms with Gasteiger partial charge in [-0.05, 0) is 40.3 Å². The molecule has 0 saturated heterocycles. The van der Waals surface area contributed by atoms with Crippen molar-refractivity contribution >= 4 is 5.91 Å². The van der Waals surface area contributed by atoms with Gasteiger partial charge in [0.15, 0.2) is 5.69 Å². The van der Waals surface area contributed by atoms with E-state index in [0.29, 0.717) is 24.9 Å². The Morgan fingerprint density at radius 2 is 1.56 bits per heavy atom. The Hall–Kier alpha value is -3.77. The van der Waals surface area contributed by atoms with Crippen LogP contribution in [0.1, 0.15) is 58.4 Å². The maximum absolute atomic E-state index is 12.5. The highest BCUT2D eigenvalue weighted by Gasteiger charge is 2.16. The Bertz CT molecular complexity index is 1170. The number of pyridine rings is 1. The lowest BCUT2D eigenvalue weighted by molar-refractivity contribution is 0.0945. The van der Waals surface area contributed by atoms with Crippen LogP contribution in [0.4, 0.5) is 0 Å². The Kier molecular flexibility index (Phi) is 7.83. The minimum atomic E-state index is -0.259. The first-order valence-corrected chi connectivity index (χ1v) is 11.5. The molecule has 0 bridgehead atoms. The molecule has 2 aromatic carbocycles. The maximum atomic E-state index is 12.5. The van der Waals surface area contributed by atoms with Crippen molar-refractivity contribution < 1.29 is 9.21 Å². The smallest absolute Gasteiger partial charge is 0.273 e. The first-order valence-electron chi connectivity index (χ1n) is 11.5. The van der Waals surface area contributed by atoms with Gasteiger partial charge in [0.2, 0.25) is 5.89 Å². The van der Waals surface area contributed by atoms with E-state index in [4.69, 9.17) is 4.42 Å². The quantitative estimate of drug-likeness (QED) is 0.351. The van der Waals surface area contributed by atoms with Crippen molar-refractivity contribution in [2.24, 2.45) is 0 Å². The number of benzene rings is 2. The fourth-order valence-electron chi connectivity index (χ4n) is 3.73. The van der Waals surface area contributed by atoms with Gasteiger partial charge in [-0.1, -0.05) is 68.4 Å². The summed E-state index contributed by atoms with van der Waals surface area (Å²) in [4.78, 5) is 23.2. The summed E-state index contributed by atoms with van der Waals surface area (Å²) in [5.74, 6) is 0.763. The SMILES string of the molecule is CC(C)c1ccc(CN(Cc2ccccc2)Cc2nc(C(=O)NCc3ccncc3)co2)cc1. The standard InChI is InChI=1S/C28H30N4O2/c1-21(2)25-10-8-24(9-11-25)18-32(17-23-6-4-3-5-7-23)19-27-31-26(20-34-27)28(33)30-16-22-12-14-29-15-13-22/h3-15,20-21H,16-19H2,1-2H3,(H,30,33). The number of carbonyl (C=O) groups is 1. The molecule has 0 spiro atoms. The largest absolute Gasteiger partial charge is 0.447 e. The van der Waals surface area contributed by atoms with Gasteiger partial charge < -0.3 is 9.73 Å². The summed E-state index contributed by atoms with van der Waals surface area (Å²) in [6.07, 6.45) is 4.83. The summed E-state index contributed by atoms with van der Waals surface area (Å²) in [5, 5.41) is 2.87. The first-order chi connectivity index (χ1) is 16.6. The van der Waals surface area contributed by atoms with E-state index in [1.807, 2.05) is 30.3 Å². The van der Waals surface area contributed by atoms with Crippen molar-refractivity contribution in [1.29, 1.82) is 0 Å². The molecule has 0 aliphatic heterocycles. The highest BCUT2D eigenvalue weighted by molar-refractivity contribution is 5.91. The van der Waals surface area contributed by atoms with Gasteiger partial charge >= 0.3 is 0 Å². The molecule has 4 aromatic rings.